The smallest absolute Gasteiger partial charge is 0.333 e. The number of likely N-dealkylation sites (N-methyl/N-ethyl adjacent to an activating group) is 1. The molecule has 7 heteroatoms. The first-order valence-corrected chi connectivity index (χ1v) is 17.3. The molecular weight excluding hydrogens is 566 g/mol. The zero-order chi connectivity index (χ0) is 34.7. The molecule has 0 heterocycles. The molecule has 0 N–H and O–H groups in total. The van der Waals surface area contributed by atoms with Crippen LogP contribution in [0.15, 0.2) is 48.6 Å². The first-order chi connectivity index (χ1) is 21.5. The fraction of sp³-hybridized carbons (Fsp3) is 0.711. The third-order valence-electron chi connectivity index (χ3n) is 6.75. The first-order valence-electron chi connectivity index (χ1n) is 17.3. The molecule has 0 fully saturated rings. The second-order valence-electron chi connectivity index (χ2n) is 11.3. The van der Waals surface area contributed by atoms with E-state index in [-0.39, 0.29) is 17.9 Å². The number of rotatable bonds is 25. The lowest BCUT2D eigenvalue weighted by atomic mass is 10.1. The van der Waals surface area contributed by atoms with Gasteiger partial charge in [0.2, 0.25) is 0 Å². The number of hydrogen-bond acceptors (Lipinski definition) is 7. The van der Waals surface area contributed by atoms with E-state index in [1.165, 1.54) is 77.0 Å². The normalized spacial score (nSPS) is 10.3. The summed E-state index contributed by atoms with van der Waals surface area (Å²) in [6, 6.07) is 0. The average molecular weight is 636 g/mol. The summed E-state index contributed by atoms with van der Waals surface area (Å²) in [5, 5.41) is 0. The number of hydrogen-bond donors (Lipinski definition) is 0. The summed E-state index contributed by atoms with van der Waals surface area (Å²) in [4.78, 5) is 34.8. The second-order valence-corrected chi connectivity index (χ2v) is 11.3. The molecule has 0 unspecified atom stereocenters. The molecule has 7 nitrogen and oxygen atoms in total. The molecule has 0 aromatic rings. The molecule has 0 aromatic carbocycles. The van der Waals surface area contributed by atoms with Gasteiger partial charge in [-0.2, -0.15) is 0 Å². The maximum Gasteiger partial charge on any atom is 0.333 e. The van der Waals surface area contributed by atoms with Gasteiger partial charge in [-0.1, -0.05) is 110 Å². The highest BCUT2D eigenvalue weighted by molar-refractivity contribution is 5.87. The van der Waals surface area contributed by atoms with E-state index in [1.54, 1.807) is 27.7 Å². The standard InChI is InChI=1S/C22H40O2.C10H19NO2.C6H10O2/c1-4-5-6-7-8-9-10-11-12-13-14-15-16-17-18-19-20-24-22(23)21(2)3;1-5-11(6-2)7-8-13-10(12)9(3)4;1-4-8-6(7)5(2)3/h11-12H,2,4-10,13-20H2,1,3H3;3,5-8H2,1-2,4H3;2,4H2,1,3H3/b12-11-;;. The molecule has 0 spiro atoms. The van der Waals surface area contributed by atoms with Crippen molar-refractivity contribution < 1.29 is 28.6 Å². The molecule has 0 saturated heterocycles. The SMILES string of the molecule is C=C(C)C(=O)OCC.C=C(C)C(=O)OCCCCCCCC/C=C\CCCCCCCC.C=C(C)C(=O)OCCN(CC)CC. The van der Waals surface area contributed by atoms with E-state index >= 15 is 0 Å². The van der Waals surface area contributed by atoms with E-state index in [4.69, 9.17) is 9.47 Å². The monoisotopic (exact) mass is 636 g/mol. The summed E-state index contributed by atoms with van der Waals surface area (Å²) in [6.07, 6.45) is 22.8. The fourth-order valence-electron chi connectivity index (χ4n) is 3.82. The number of nitrogens with zero attached hydrogens (tertiary/aromatic N) is 1. The molecule has 0 aromatic heterocycles. The van der Waals surface area contributed by atoms with Crippen LogP contribution in [0.1, 0.15) is 138 Å². The lowest BCUT2D eigenvalue weighted by Gasteiger charge is -2.17. The van der Waals surface area contributed by atoms with Crippen molar-refractivity contribution in [1.29, 1.82) is 0 Å². The summed E-state index contributed by atoms with van der Waals surface area (Å²) in [6.45, 7) is 27.8. The van der Waals surface area contributed by atoms with Gasteiger partial charge in [0.1, 0.15) is 6.61 Å². The zero-order valence-electron chi connectivity index (χ0n) is 30.3. The molecule has 0 radical (unpaired) electrons. The highest BCUT2D eigenvalue weighted by Gasteiger charge is 2.04. The van der Waals surface area contributed by atoms with Gasteiger partial charge in [0, 0.05) is 23.3 Å². The summed E-state index contributed by atoms with van der Waals surface area (Å²) in [7, 11) is 0. The van der Waals surface area contributed by atoms with Gasteiger partial charge in [0.05, 0.1) is 13.2 Å². The summed E-state index contributed by atoms with van der Waals surface area (Å²) in [5.41, 5.74) is 1.39. The third kappa shape index (κ3) is 37.4. The quantitative estimate of drug-likeness (QED) is 0.0325. The molecule has 0 amide bonds. The number of carbonyl (C=O) groups excluding carboxylic acids is 3. The molecular formula is C38H69NO6. The van der Waals surface area contributed by atoms with E-state index in [0.29, 0.717) is 36.5 Å². The summed E-state index contributed by atoms with van der Waals surface area (Å²) in [5.74, 6) is -0.873. The van der Waals surface area contributed by atoms with Crippen LogP contribution in [0, 0.1) is 0 Å². The van der Waals surface area contributed by atoms with Crippen molar-refractivity contribution in [3.8, 4) is 0 Å². The Kier molecular flexibility index (Phi) is 37.2. The van der Waals surface area contributed by atoms with E-state index in [2.05, 4.69) is 62.3 Å². The first kappa shape index (κ1) is 46.7. The number of esters is 3. The minimum atomic E-state index is -0.312. The minimum absolute atomic E-state index is 0.261. The predicted octanol–water partition coefficient (Wildman–Crippen LogP) is 9.72. The van der Waals surface area contributed by atoms with Gasteiger partial charge < -0.3 is 19.1 Å². The van der Waals surface area contributed by atoms with Crippen LogP contribution in [0.3, 0.4) is 0 Å². The van der Waals surface area contributed by atoms with Crippen molar-refractivity contribution in [2.75, 3.05) is 39.5 Å². The number of unbranched alkanes of at least 4 members (excludes halogenated alkanes) is 12. The Morgan fingerprint density at radius 1 is 0.533 bits per heavy atom. The van der Waals surface area contributed by atoms with Crippen LogP contribution >= 0.6 is 0 Å². The van der Waals surface area contributed by atoms with Crippen LogP contribution in [0.2, 0.25) is 0 Å². The van der Waals surface area contributed by atoms with Gasteiger partial charge >= 0.3 is 17.9 Å². The number of allylic oxidation sites excluding steroid dienone is 2. The molecule has 0 aliphatic heterocycles. The molecule has 0 rings (SSSR count). The van der Waals surface area contributed by atoms with E-state index in [1.807, 2.05) is 0 Å². The number of ether oxygens (including phenoxy) is 3. The Labute approximate surface area is 277 Å². The highest BCUT2D eigenvalue weighted by atomic mass is 16.5. The molecule has 0 bridgehead atoms. The van der Waals surface area contributed by atoms with Gasteiger partial charge in [-0.25, -0.2) is 14.4 Å². The Hall–Kier alpha value is -2.67. The lowest BCUT2D eigenvalue weighted by Crippen LogP contribution is -2.27. The number of carbonyl (C=O) groups is 3. The van der Waals surface area contributed by atoms with E-state index < -0.39 is 0 Å². The van der Waals surface area contributed by atoms with Crippen LogP contribution in [0.25, 0.3) is 0 Å². The van der Waals surface area contributed by atoms with Crippen LogP contribution in [0.4, 0.5) is 0 Å². The van der Waals surface area contributed by atoms with Gasteiger partial charge in [-0.05, 0) is 72.9 Å². The van der Waals surface area contributed by atoms with Gasteiger partial charge in [0.25, 0.3) is 0 Å². The maximum atomic E-state index is 11.2. The largest absolute Gasteiger partial charge is 0.463 e. The lowest BCUT2D eigenvalue weighted by molar-refractivity contribution is -0.140. The van der Waals surface area contributed by atoms with Crippen molar-refractivity contribution in [3.05, 3.63) is 48.6 Å². The molecule has 0 atom stereocenters. The molecule has 45 heavy (non-hydrogen) atoms. The topological polar surface area (TPSA) is 82.1 Å². The van der Waals surface area contributed by atoms with Crippen LogP contribution in [-0.2, 0) is 28.6 Å². The van der Waals surface area contributed by atoms with E-state index in [0.717, 1.165) is 32.5 Å². The Morgan fingerprint density at radius 3 is 1.29 bits per heavy atom. The van der Waals surface area contributed by atoms with Crippen molar-refractivity contribution >= 4 is 17.9 Å². The minimum Gasteiger partial charge on any atom is -0.463 e. The molecule has 0 saturated carbocycles. The summed E-state index contributed by atoms with van der Waals surface area (Å²) >= 11 is 0. The fourth-order valence-corrected chi connectivity index (χ4v) is 3.82. The van der Waals surface area contributed by atoms with Crippen molar-refractivity contribution in [1.82, 2.24) is 4.90 Å². The van der Waals surface area contributed by atoms with Gasteiger partial charge in [-0.3, -0.25) is 0 Å². The average Bonchev–Trinajstić information content (AvgIpc) is 3.01. The maximum absolute atomic E-state index is 11.2. The summed E-state index contributed by atoms with van der Waals surface area (Å²) < 4.78 is 14.6. The Balaban J connectivity index is -0.000000697. The molecule has 0 aliphatic carbocycles. The van der Waals surface area contributed by atoms with Gasteiger partial charge in [0.15, 0.2) is 0 Å². The Bertz CT molecular complexity index is 813. The van der Waals surface area contributed by atoms with Crippen LogP contribution in [-0.4, -0.2) is 62.3 Å². The highest BCUT2D eigenvalue weighted by Crippen LogP contribution is 2.10. The van der Waals surface area contributed by atoms with Crippen molar-refractivity contribution in [2.24, 2.45) is 0 Å². The molecule has 0 aliphatic rings. The third-order valence-corrected chi connectivity index (χ3v) is 6.75. The predicted molar refractivity (Wildman–Crippen MR) is 190 cm³/mol. The Morgan fingerprint density at radius 2 is 0.911 bits per heavy atom. The molecule has 262 valence electrons. The van der Waals surface area contributed by atoms with Crippen LogP contribution < -0.4 is 0 Å². The second kappa shape index (κ2) is 35.8. The zero-order valence-corrected chi connectivity index (χ0v) is 30.3. The van der Waals surface area contributed by atoms with Crippen LogP contribution in [0.5, 0.6) is 0 Å². The van der Waals surface area contributed by atoms with E-state index in [9.17, 15) is 14.4 Å². The van der Waals surface area contributed by atoms with Gasteiger partial charge in [-0.15, -0.1) is 0 Å². The van der Waals surface area contributed by atoms with Crippen molar-refractivity contribution in [3.63, 3.8) is 0 Å². The van der Waals surface area contributed by atoms with Crippen molar-refractivity contribution in [2.45, 2.75) is 138 Å².